The number of likely N-dealkylation sites (tertiary alicyclic amines) is 1. The standard InChI is InChI=1S/C19H19ClN4OS/c20-15-4-2-1-3-14(15)12-24-8-5-13(6-9-24)18-22-16(11-17(25)23-18)19-21-7-10-26-19/h1-4,7,10-11,13H,5-6,8-9,12H2,(H,22,23,25). The Morgan fingerprint density at radius 3 is 2.81 bits per heavy atom. The van der Waals surface area contributed by atoms with Gasteiger partial charge in [-0.25, -0.2) is 9.97 Å². The first-order valence-corrected chi connectivity index (χ1v) is 9.92. The first kappa shape index (κ1) is 17.4. The number of piperidine rings is 1. The van der Waals surface area contributed by atoms with Gasteiger partial charge >= 0.3 is 0 Å². The molecule has 1 saturated heterocycles. The Morgan fingerprint density at radius 1 is 1.27 bits per heavy atom. The largest absolute Gasteiger partial charge is 0.310 e. The fraction of sp³-hybridized carbons (Fsp3) is 0.316. The Labute approximate surface area is 160 Å². The number of benzene rings is 1. The minimum absolute atomic E-state index is 0.112. The summed E-state index contributed by atoms with van der Waals surface area (Å²) in [5.74, 6) is 1.05. The Hall–Kier alpha value is -2.02. The van der Waals surface area contributed by atoms with E-state index in [1.165, 1.54) is 17.4 Å². The lowest BCUT2D eigenvalue weighted by Crippen LogP contribution is -2.33. The molecule has 26 heavy (non-hydrogen) atoms. The van der Waals surface area contributed by atoms with Crippen molar-refractivity contribution in [1.82, 2.24) is 19.9 Å². The molecule has 0 unspecified atom stereocenters. The summed E-state index contributed by atoms with van der Waals surface area (Å²) in [6.45, 7) is 2.78. The van der Waals surface area contributed by atoms with Crippen LogP contribution in [0.3, 0.4) is 0 Å². The van der Waals surface area contributed by atoms with Crippen molar-refractivity contribution >= 4 is 22.9 Å². The predicted octanol–water partition coefficient (Wildman–Crippen LogP) is 3.93. The zero-order chi connectivity index (χ0) is 17.9. The number of nitrogens with one attached hydrogen (secondary N) is 1. The van der Waals surface area contributed by atoms with Crippen LogP contribution >= 0.6 is 22.9 Å². The molecule has 4 rings (SSSR count). The molecule has 3 heterocycles. The molecule has 1 N–H and O–H groups in total. The molecule has 1 aliphatic heterocycles. The minimum Gasteiger partial charge on any atom is -0.310 e. The van der Waals surface area contributed by atoms with Gasteiger partial charge in [0.05, 0.1) is 0 Å². The number of rotatable bonds is 4. The molecular weight excluding hydrogens is 368 g/mol. The van der Waals surface area contributed by atoms with Crippen molar-refractivity contribution in [2.45, 2.75) is 25.3 Å². The van der Waals surface area contributed by atoms with Crippen LogP contribution in [0.25, 0.3) is 10.7 Å². The maximum absolute atomic E-state index is 12.0. The van der Waals surface area contributed by atoms with Crippen LogP contribution in [-0.2, 0) is 6.54 Å². The van der Waals surface area contributed by atoms with E-state index in [4.69, 9.17) is 11.6 Å². The lowest BCUT2D eigenvalue weighted by Gasteiger charge is -2.31. The molecule has 0 amide bonds. The van der Waals surface area contributed by atoms with Crippen LogP contribution in [0.1, 0.15) is 30.1 Å². The Morgan fingerprint density at radius 2 is 2.08 bits per heavy atom. The van der Waals surface area contributed by atoms with Crippen molar-refractivity contribution in [2.75, 3.05) is 13.1 Å². The number of hydrogen-bond acceptors (Lipinski definition) is 5. The summed E-state index contributed by atoms with van der Waals surface area (Å²) < 4.78 is 0. The number of aromatic nitrogens is 3. The van der Waals surface area contributed by atoms with E-state index in [-0.39, 0.29) is 11.5 Å². The summed E-state index contributed by atoms with van der Waals surface area (Å²) in [6.07, 6.45) is 3.67. The van der Waals surface area contributed by atoms with Gasteiger partial charge in [-0.2, -0.15) is 0 Å². The van der Waals surface area contributed by atoms with Crippen LogP contribution in [0.15, 0.2) is 46.7 Å². The predicted molar refractivity (Wildman–Crippen MR) is 105 cm³/mol. The Balaban J connectivity index is 1.45. The molecule has 134 valence electrons. The average Bonchev–Trinajstić information content (AvgIpc) is 3.19. The van der Waals surface area contributed by atoms with Gasteiger partial charge in [0.2, 0.25) is 0 Å². The lowest BCUT2D eigenvalue weighted by molar-refractivity contribution is 0.201. The first-order chi connectivity index (χ1) is 12.7. The lowest BCUT2D eigenvalue weighted by atomic mass is 9.95. The third-order valence-corrected chi connectivity index (χ3v) is 5.90. The highest BCUT2D eigenvalue weighted by Gasteiger charge is 2.23. The van der Waals surface area contributed by atoms with Gasteiger partial charge in [0, 0.05) is 35.1 Å². The van der Waals surface area contributed by atoms with E-state index < -0.39 is 0 Å². The van der Waals surface area contributed by atoms with Crippen LogP contribution < -0.4 is 5.56 Å². The molecule has 3 aromatic rings. The normalized spacial score (nSPS) is 16.0. The van der Waals surface area contributed by atoms with E-state index in [9.17, 15) is 4.79 Å². The molecular formula is C19H19ClN4OS. The molecule has 1 fully saturated rings. The Bertz CT molecular complexity index is 933. The highest BCUT2D eigenvalue weighted by molar-refractivity contribution is 7.13. The topological polar surface area (TPSA) is 61.9 Å². The second-order valence-corrected chi connectivity index (χ2v) is 7.80. The molecule has 0 atom stereocenters. The summed E-state index contributed by atoms with van der Waals surface area (Å²) in [7, 11) is 0. The van der Waals surface area contributed by atoms with Crippen LogP contribution in [0.4, 0.5) is 0 Å². The molecule has 0 saturated carbocycles. The van der Waals surface area contributed by atoms with Gasteiger partial charge in [0.25, 0.3) is 5.56 Å². The van der Waals surface area contributed by atoms with Gasteiger partial charge in [-0.05, 0) is 37.6 Å². The third kappa shape index (κ3) is 3.87. The number of nitrogens with zero attached hydrogens (tertiary/aromatic N) is 3. The van der Waals surface area contributed by atoms with Crippen molar-refractivity contribution < 1.29 is 0 Å². The van der Waals surface area contributed by atoms with Crippen LogP contribution in [0.5, 0.6) is 0 Å². The monoisotopic (exact) mass is 386 g/mol. The maximum Gasteiger partial charge on any atom is 0.251 e. The van der Waals surface area contributed by atoms with Crippen LogP contribution in [0, 0.1) is 0 Å². The van der Waals surface area contributed by atoms with Crippen LogP contribution in [0.2, 0.25) is 5.02 Å². The van der Waals surface area contributed by atoms with Gasteiger partial charge in [-0.1, -0.05) is 29.8 Å². The van der Waals surface area contributed by atoms with E-state index in [0.29, 0.717) is 5.69 Å². The molecule has 1 aromatic carbocycles. The average molecular weight is 387 g/mol. The van der Waals surface area contributed by atoms with E-state index in [1.807, 2.05) is 23.6 Å². The second-order valence-electron chi connectivity index (χ2n) is 6.49. The summed E-state index contributed by atoms with van der Waals surface area (Å²) in [5, 5.41) is 3.50. The summed E-state index contributed by atoms with van der Waals surface area (Å²) >= 11 is 7.77. The smallest absolute Gasteiger partial charge is 0.251 e. The van der Waals surface area contributed by atoms with E-state index in [1.54, 1.807) is 6.20 Å². The molecule has 1 aliphatic rings. The highest BCUT2D eigenvalue weighted by Crippen LogP contribution is 2.28. The van der Waals surface area contributed by atoms with E-state index in [2.05, 4.69) is 25.9 Å². The quantitative estimate of drug-likeness (QED) is 0.738. The fourth-order valence-electron chi connectivity index (χ4n) is 3.36. The molecule has 0 bridgehead atoms. The van der Waals surface area contributed by atoms with Gasteiger partial charge < -0.3 is 4.98 Å². The molecule has 0 radical (unpaired) electrons. The number of hydrogen-bond donors (Lipinski definition) is 1. The summed E-state index contributed by atoms with van der Waals surface area (Å²) in [4.78, 5) is 26.3. The molecule has 0 spiro atoms. The summed E-state index contributed by atoms with van der Waals surface area (Å²) in [5.41, 5.74) is 1.71. The highest BCUT2D eigenvalue weighted by atomic mass is 35.5. The van der Waals surface area contributed by atoms with Crippen molar-refractivity contribution in [1.29, 1.82) is 0 Å². The van der Waals surface area contributed by atoms with Gasteiger partial charge in [0.15, 0.2) is 0 Å². The van der Waals surface area contributed by atoms with Crippen molar-refractivity contribution in [2.24, 2.45) is 0 Å². The molecule has 0 aliphatic carbocycles. The number of aromatic amines is 1. The van der Waals surface area contributed by atoms with Gasteiger partial charge in [0.1, 0.15) is 16.5 Å². The van der Waals surface area contributed by atoms with E-state index in [0.717, 1.165) is 53.9 Å². The second kappa shape index (κ2) is 7.70. The van der Waals surface area contributed by atoms with Crippen molar-refractivity contribution in [3.63, 3.8) is 0 Å². The van der Waals surface area contributed by atoms with Gasteiger partial charge in [-0.3, -0.25) is 9.69 Å². The van der Waals surface area contributed by atoms with Crippen LogP contribution in [-0.4, -0.2) is 32.9 Å². The molecule has 7 heteroatoms. The zero-order valence-corrected chi connectivity index (χ0v) is 15.8. The zero-order valence-electron chi connectivity index (χ0n) is 14.2. The van der Waals surface area contributed by atoms with E-state index >= 15 is 0 Å². The number of halogens is 1. The molecule has 5 nitrogen and oxygen atoms in total. The SMILES string of the molecule is O=c1cc(-c2nccs2)nc(C2CCN(Cc3ccccc3Cl)CC2)[nH]1. The number of H-pyrrole nitrogens is 1. The Kier molecular flexibility index (Phi) is 5.15. The molecule has 2 aromatic heterocycles. The maximum atomic E-state index is 12.0. The number of thiazole rings is 1. The fourth-order valence-corrected chi connectivity index (χ4v) is 4.15. The minimum atomic E-state index is -0.112. The third-order valence-electron chi connectivity index (χ3n) is 4.74. The van der Waals surface area contributed by atoms with Crippen molar-refractivity contribution in [3.05, 3.63) is 68.7 Å². The first-order valence-electron chi connectivity index (χ1n) is 8.66. The van der Waals surface area contributed by atoms with Gasteiger partial charge in [-0.15, -0.1) is 11.3 Å². The summed E-state index contributed by atoms with van der Waals surface area (Å²) in [6, 6.07) is 9.50. The van der Waals surface area contributed by atoms with Crippen molar-refractivity contribution in [3.8, 4) is 10.7 Å².